The molecular formula is C20H23Cl2F2N3O. The highest BCUT2D eigenvalue weighted by molar-refractivity contribution is 5.85. The lowest BCUT2D eigenvalue weighted by atomic mass is 10.1. The van der Waals surface area contributed by atoms with Crippen LogP contribution in [0, 0.1) is 11.6 Å². The summed E-state index contributed by atoms with van der Waals surface area (Å²) in [5.74, 6) is -1.54. The molecule has 8 heteroatoms. The highest BCUT2D eigenvalue weighted by Crippen LogP contribution is 2.21. The number of nitrogens with zero attached hydrogens (tertiary/aromatic N) is 2. The van der Waals surface area contributed by atoms with Gasteiger partial charge < -0.3 is 10.2 Å². The van der Waals surface area contributed by atoms with Gasteiger partial charge >= 0.3 is 0 Å². The Hall–Kier alpha value is -1.99. The fraction of sp³-hybridized carbons (Fsp3) is 0.250. The topological polar surface area (TPSA) is 55.3 Å². The smallest absolute Gasteiger partial charge is 0.226 e. The van der Waals surface area contributed by atoms with Gasteiger partial charge in [-0.2, -0.15) is 0 Å². The van der Waals surface area contributed by atoms with Crippen LogP contribution in [0.2, 0.25) is 0 Å². The minimum absolute atomic E-state index is 0. The molecule has 152 valence electrons. The Labute approximate surface area is 175 Å². The van der Waals surface area contributed by atoms with Crippen molar-refractivity contribution < 1.29 is 13.2 Å². The molecular weight excluding hydrogens is 407 g/mol. The molecule has 3 aromatic rings. The predicted octanol–water partition coefficient (Wildman–Crippen LogP) is 4.47. The Kier molecular flexibility index (Phi) is 10.1. The maximum absolute atomic E-state index is 13.4. The highest BCUT2D eigenvalue weighted by atomic mass is 35.5. The van der Waals surface area contributed by atoms with Crippen molar-refractivity contribution in [1.29, 1.82) is 0 Å². The second-order valence-corrected chi connectivity index (χ2v) is 6.07. The summed E-state index contributed by atoms with van der Waals surface area (Å²) in [6.45, 7) is 2.70. The zero-order valence-corrected chi connectivity index (χ0v) is 16.8. The predicted molar refractivity (Wildman–Crippen MR) is 111 cm³/mol. The largest absolute Gasteiger partial charge is 0.444 e. The van der Waals surface area contributed by atoms with Crippen LogP contribution in [0.15, 0.2) is 59.2 Å². The van der Waals surface area contributed by atoms with E-state index >= 15 is 0 Å². The molecule has 0 aliphatic heterocycles. The van der Waals surface area contributed by atoms with E-state index in [1.54, 1.807) is 6.26 Å². The third kappa shape index (κ3) is 6.56. The molecule has 0 atom stereocenters. The summed E-state index contributed by atoms with van der Waals surface area (Å²) in [6, 6.07) is 13.8. The van der Waals surface area contributed by atoms with Crippen LogP contribution in [-0.4, -0.2) is 29.5 Å². The van der Waals surface area contributed by atoms with Crippen molar-refractivity contribution in [3.8, 4) is 11.5 Å². The molecule has 0 saturated heterocycles. The Bertz CT molecular complexity index is 846. The van der Waals surface area contributed by atoms with Gasteiger partial charge in [0.1, 0.15) is 6.26 Å². The fourth-order valence-electron chi connectivity index (χ4n) is 2.75. The zero-order chi connectivity index (χ0) is 18.4. The van der Waals surface area contributed by atoms with Crippen molar-refractivity contribution in [2.24, 2.45) is 5.73 Å². The molecule has 0 bridgehead atoms. The highest BCUT2D eigenvalue weighted by Gasteiger charge is 2.13. The summed E-state index contributed by atoms with van der Waals surface area (Å²) in [4.78, 5) is 6.58. The number of hydrogen-bond acceptors (Lipinski definition) is 4. The average molecular weight is 430 g/mol. The molecule has 1 aromatic heterocycles. The first kappa shape index (κ1) is 24.0. The molecule has 3 rings (SSSR count). The van der Waals surface area contributed by atoms with Gasteiger partial charge in [0.2, 0.25) is 5.89 Å². The number of benzene rings is 2. The van der Waals surface area contributed by atoms with E-state index in [1.807, 2.05) is 18.2 Å². The van der Waals surface area contributed by atoms with Crippen molar-refractivity contribution in [3.63, 3.8) is 0 Å². The second-order valence-electron chi connectivity index (χ2n) is 6.07. The number of halogens is 4. The molecule has 0 spiro atoms. The summed E-state index contributed by atoms with van der Waals surface area (Å²) >= 11 is 0. The van der Waals surface area contributed by atoms with Crippen LogP contribution in [0.25, 0.3) is 11.5 Å². The molecule has 2 N–H and O–H groups in total. The van der Waals surface area contributed by atoms with Crippen LogP contribution in [-0.2, 0) is 13.0 Å². The molecule has 0 radical (unpaired) electrons. The van der Waals surface area contributed by atoms with Gasteiger partial charge in [0, 0.05) is 31.7 Å². The number of nitrogens with two attached hydrogens (primary N) is 1. The molecule has 0 unspecified atom stereocenters. The van der Waals surface area contributed by atoms with E-state index in [-0.39, 0.29) is 30.7 Å². The summed E-state index contributed by atoms with van der Waals surface area (Å²) in [6.07, 6.45) is 2.46. The van der Waals surface area contributed by atoms with Crippen LogP contribution >= 0.6 is 24.8 Å². The van der Waals surface area contributed by atoms with E-state index in [9.17, 15) is 8.78 Å². The molecule has 0 fully saturated rings. The van der Waals surface area contributed by atoms with Crippen molar-refractivity contribution in [2.45, 2.75) is 13.0 Å². The van der Waals surface area contributed by atoms with E-state index in [1.165, 1.54) is 11.6 Å². The van der Waals surface area contributed by atoms with Gasteiger partial charge in [-0.3, -0.25) is 4.90 Å². The molecule has 0 saturated carbocycles. The quantitative estimate of drug-likeness (QED) is 0.573. The molecule has 0 aliphatic carbocycles. The molecule has 1 heterocycles. The maximum Gasteiger partial charge on any atom is 0.226 e. The van der Waals surface area contributed by atoms with Gasteiger partial charge in [0.15, 0.2) is 11.6 Å². The summed E-state index contributed by atoms with van der Waals surface area (Å²) in [7, 11) is 0. The normalized spacial score (nSPS) is 10.4. The van der Waals surface area contributed by atoms with Crippen molar-refractivity contribution in [1.82, 2.24) is 9.88 Å². The maximum atomic E-state index is 13.4. The van der Waals surface area contributed by atoms with Gasteiger partial charge in [-0.1, -0.05) is 30.3 Å². The molecule has 2 aromatic carbocycles. The molecule has 0 aliphatic rings. The van der Waals surface area contributed by atoms with Crippen LogP contribution in [0.1, 0.15) is 11.3 Å². The Morgan fingerprint density at radius 3 is 2.39 bits per heavy atom. The third-order valence-electron chi connectivity index (χ3n) is 4.11. The van der Waals surface area contributed by atoms with Crippen molar-refractivity contribution in [2.75, 3.05) is 19.6 Å². The van der Waals surface area contributed by atoms with E-state index in [0.717, 1.165) is 37.3 Å². The number of aromatic nitrogens is 1. The van der Waals surface area contributed by atoms with Gasteiger partial charge in [-0.15, -0.1) is 24.8 Å². The second kappa shape index (κ2) is 11.8. The Morgan fingerprint density at radius 2 is 1.71 bits per heavy atom. The van der Waals surface area contributed by atoms with E-state index in [4.69, 9.17) is 10.2 Å². The zero-order valence-electron chi connectivity index (χ0n) is 15.2. The Balaban J connectivity index is 0.00000196. The first-order chi connectivity index (χ1) is 12.7. The third-order valence-corrected chi connectivity index (χ3v) is 4.11. The minimum atomic E-state index is -0.921. The number of oxazole rings is 1. The van der Waals surface area contributed by atoms with Gasteiger partial charge in [-0.25, -0.2) is 13.8 Å². The first-order valence-corrected chi connectivity index (χ1v) is 8.52. The standard InChI is InChI=1S/C20H21F2N3O.2ClH/c21-18-7-6-16(12-19(18)22)20-24-17(14-26-20)13-25(11-9-23)10-8-15-4-2-1-3-5-15;;/h1-7,12,14H,8-11,13,23H2;2*1H. The molecule has 28 heavy (non-hydrogen) atoms. The lowest BCUT2D eigenvalue weighted by Gasteiger charge is -2.20. The number of rotatable bonds is 8. The Morgan fingerprint density at radius 1 is 0.964 bits per heavy atom. The van der Waals surface area contributed by atoms with E-state index in [0.29, 0.717) is 18.7 Å². The average Bonchev–Trinajstić information content (AvgIpc) is 3.11. The van der Waals surface area contributed by atoms with Gasteiger partial charge in [0.25, 0.3) is 0 Å². The lowest BCUT2D eigenvalue weighted by molar-refractivity contribution is 0.273. The minimum Gasteiger partial charge on any atom is -0.444 e. The van der Waals surface area contributed by atoms with Crippen molar-refractivity contribution in [3.05, 3.63) is 77.7 Å². The van der Waals surface area contributed by atoms with Crippen molar-refractivity contribution >= 4 is 24.8 Å². The SMILES string of the molecule is Cl.Cl.NCCN(CCc1ccccc1)Cc1coc(-c2ccc(F)c(F)c2)n1. The van der Waals surface area contributed by atoms with Crippen LogP contribution in [0.4, 0.5) is 8.78 Å². The van der Waals surface area contributed by atoms with Crippen LogP contribution in [0.5, 0.6) is 0 Å². The first-order valence-electron chi connectivity index (χ1n) is 8.52. The van der Waals surface area contributed by atoms with Gasteiger partial charge in [-0.05, 0) is 30.2 Å². The number of hydrogen-bond donors (Lipinski definition) is 1. The molecule has 0 amide bonds. The summed E-state index contributed by atoms with van der Waals surface area (Å²) in [5.41, 5.74) is 8.11. The van der Waals surface area contributed by atoms with E-state index < -0.39 is 11.6 Å². The van der Waals surface area contributed by atoms with Crippen LogP contribution < -0.4 is 5.73 Å². The van der Waals surface area contributed by atoms with Crippen LogP contribution in [0.3, 0.4) is 0 Å². The van der Waals surface area contributed by atoms with E-state index in [2.05, 4.69) is 22.0 Å². The summed E-state index contributed by atoms with van der Waals surface area (Å²) in [5, 5.41) is 0. The lowest BCUT2D eigenvalue weighted by Crippen LogP contribution is -2.31. The summed E-state index contributed by atoms with van der Waals surface area (Å²) < 4.78 is 31.9. The van der Waals surface area contributed by atoms with Gasteiger partial charge in [0.05, 0.1) is 5.69 Å². The monoisotopic (exact) mass is 429 g/mol. The molecule has 4 nitrogen and oxygen atoms in total. The fourth-order valence-corrected chi connectivity index (χ4v) is 2.75.